The summed E-state index contributed by atoms with van der Waals surface area (Å²) in [5.41, 5.74) is 2.02. The molecule has 0 aliphatic carbocycles. The maximum Gasteiger partial charge on any atom is 0.391 e. The van der Waals surface area contributed by atoms with Crippen molar-refractivity contribution in [1.29, 1.82) is 0 Å². The van der Waals surface area contributed by atoms with Crippen molar-refractivity contribution < 1.29 is 18.1 Å². The van der Waals surface area contributed by atoms with Gasteiger partial charge < -0.3 is 5.32 Å². The van der Waals surface area contributed by atoms with E-state index in [0.717, 1.165) is 5.56 Å². The number of hydrogen-bond acceptors (Lipinski definition) is 3. The number of nitrogens with zero attached hydrogens (tertiary/aromatic N) is 1. The SMILES string of the molecule is Cc1cc([N+](=O)[O-])cc(C)c1C1CC(C(F)(F)F)CCN1. The van der Waals surface area contributed by atoms with Gasteiger partial charge in [-0.3, -0.25) is 10.1 Å². The molecule has 1 aliphatic rings. The smallest absolute Gasteiger partial charge is 0.310 e. The molecule has 2 atom stereocenters. The van der Waals surface area contributed by atoms with Crippen LogP contribution in [0.2, 0.25) is 0 Å². The van der Waals surface area contributed by atoms with Crippen molar-refractivity contribution in [3.8, 4) is 0 Å². The summed E-state index contributed by atoms with van der Waals surface area (Å²) in [6, 6.07) is 2.42. The summed E-state index contributed by atoms with van der Waals surface area (Å²) < 4.78 is 38.7. The molecule has 2 rings (SSSR count). The molecular formula is C14H17F3N2O2. The monoisotopic (exact) mass is 302 g/mol. The van der Waals surface area contributed by atoms with Gasteiger partial charge in [-0.15, -0.1) is 0 Å². The lowest BCUT2D eigenvalue weighted by atomic mass is 9.85. The van der Waals surface area contributed by atoms with Crippen LogP contribution < -0.4 is 5.32 Å². The number of non-ortho nitro benzene ring substituents is 1. The van der Waals surface area contributed by atoms with Crippen LogP contribution in [0.3, 0.4) is 0 Å². The number of benzene rings is 1. The first-order valence-corrected chi connectivity index (χ1v) is 6.75. The predicted molar refractivity (Wildman–Crippen MR) is 72.1 cm³/mol. The van der Waals surface area contributed by atoms with Crippen LogP contribution in [-0.2, 0) is 0 Å². The van der Waals surface area contributed by atoms with Gasteiger partial charge in [-0.2, -0.15) is 13.2 Å². The number of aryl methyl sites for hydroxylation is 2. The van der Waals surface area contributed by atoms with Gasteiger partial charge >= 0.3 is 6.18 Å². The van der Waals surface area contributed by atoms with E-state index in [-0.39, 0.29) is 18.5 Å². The van der Waals surface area contributed by atoms with Gasteiger partial charge in [0.15, 0.2) is 0 Å². The molecule has 1 aromatic carbocycles. The summed E-state index contributed by atoms with van der Waals surface area (Å²) in [6.45, 7) is 3.70. The van der Waals surface area contributed by atoms with Crippen molar-refractivity contribution in [1.82, 2.24) is 5.32 Å². The lowest BCUT2D eigenvalue weighted by molar-refractivity contribution is -0.385. The lowest BCUT2D eigenvalue weighted by Crippen LogP contribution is -2.38. The van der Waals surface area contributed by atoms with E-state index >= 15 is 0 Å². The van der Waals surface area contributed by atoms with Crippen LogP contribution in [0, 0.1) is 29.9 Å². The number of nitro groups is 1. The van der Waals surface area contributed by atoms with E-state index in [1.165, 1.54) is 12.1 Å². The first-order valence-electron chi connectivity index (χ1n) is 6.75. The van der Waals surface area contributed by atoms with E-state index in [0.29, 0.717) is 17.7 Å². The highest BCUT2D eigenvalue weighted by Crippen LogP contribution is 2.40. The molecule has 2 unspecified atom stereocenters. The Balaban J connectivity index is 2.31. The molecule has 116 valence electrons. The van der Waals surface area contributed by atoms with Crippen LogP contribution in [0.25, 0.3) is 0 Å². The number of hydrogen-bond donors (Lipinski definition) is 1. The third-order valence-electron chi connectivity index (χ3n) is 4.00. The molecule has 0 spiro atoms. The van der Waals surface area contributed by atoms with Crippen LogP contribution in [0.1, 0.15) is 35.6 Å². The summed E-state index contributed by atoms with van der Waals surface area (Å²) in [5, 5.41) is 13.9. The predicted octanol–water partition coefficient (Wildman–Crippen LogP) is 3.81. The highest BCUT2D eigenvalue weighted by molar-refractivity contribution is 5.46. The van der Waals surface area contributed by atoms with Crippen molar-refractivity contribution in [3.63, 3.8) is 0 Å². The minimum Gasteiger partial charge on any atom is -0.310 e. The fourth-order valence-corrected chi connectivity index (χ4v) is 3.04. The molecule has 1 fully saturated rings. The van der Waals surface area contributed by atoms with Crippen LogP contribution in [0.5, 0.6) is 0 Å². The van der Waals surface area contributed by atoms with Crippen molar-refractivity contribution in [2.75, 3.05) is 6.54 Å². The van der Waals surface area contributed by atoms with Gasteiger partial charge in [-0.1, -0.05) is 0 Å². The molecule has 1 saturated heterocycles. The van der Waals surface area contributed by atoms with Gasteiger partial charge in [0.25, 0.3) is 5.69 Å². The summed E-state index contributed by atoms with van der Waals surface area (Å²) in [5.74, 6) is -1.32. The van der Waals surface area contributed by atoms with Crippen LogP contribution in [-0.4, -0.2) is 17.6 Å². The molecule has 0 radical (unpaired) electrons. The molecule has 1 N–H and O–H groups in total. The first kappa shape index (κ1) is 15.8. The second-order valence-corrected chi connectivity index (χ2v) is 5.52. The highest BCUT2D eigenvalue weighted by atomic mass is 19.4. The van der Waals surface area contributed by atoms with Crippen molar-refractivity contribution >= 4 is 5.69 Å². The zero-order chi connectivity index (χ0) is 15.8. The zero-order valence-electron chi connectivity index (χ0n) is 11.8. The largest absolute Gasteiger partial charge is 0.391 e. The second kappa shape index (κ2) is 5.63. The van der Waals surface area contributed by atoms with E-state index in [2.05, 4.69) is 5.32 Å². The topological polar surface area (TPSA) is 55.2 Å². The fourth-order valence-electron chi connectivity index (χ4n) is 3.04. The van der Waals surface area contributed by atoms with Gasteiger partial charge in [0, 0.05) is 18.2 Å². The number of nitro benzene ring substituents is 1. The van der Waals surface area contributed by atoms with Gasteiger partial charge in [-0.25, -0.2) is 0 Å². The first-order chi connectivity index (χ1) is 9.70. The Morgan fingerprint density at radius 1 is 1.29 bits per heavy atom. The maximum atomic E-state index is 12.9. The lowest BCUT2D eigenvalue weighted by Gasteiger charge is -2.33. The molecule has 1 aliphatic heterocycles. The number of halogens is 3. The molecule has 7 heteroatoms. The Bertz CT molecular complexity index is 535. The van der Waals surface area contributed by atoms with Crippen LogP contribution >= 0.6 is 0 Å². The summed E-state index contributed by atoms with van der Waals surface area (Å²) in [6.07, 6.45) is -4.14. The van der Waals surface area contributed by atoms with Gasteiger partial charge in [0.05, 0.1) is 10.8 Å². The number of nitrogens with one attached hydrogen (secondary N) is 1. The maximum absolute atomic E-state index is 12.9. The zero-order valence-corrected chi connectivity index (χ0v) is 11.8. The molecule has 4 nitrogen and oxygen atoms in total. The standard InChI is InChI=1S/C14H17F3N2O2/c1-8-5-11(19(20)21)6-9(2)13(8)12-7-10(3-4-18-12)14(15,16)17/h5-6,10,12,18H,3-4,7H2,1-2H3. The third kappa shape index (κ3) is 3.34. The van der Waals surface area contributed by atoms with Gasteiger partial charge in [0.1, 0.15) is 0 Å². The molecule has 1 aromatic rings. The van der Waals surface area contributed by atoms with Gasteiger partial charge in [0.2, 0.25) is 0 Å². The van der Waals surface area contributed by atoms with Crippen LogP contribution in [0.15, 0.2) is 12.1 Å². The van der Waals surface area contributed by atoms with E-state index in [4.69, 9.17) is 0 Å². The number of rotatable bonds is 2. The quantitative estimate of drug-likeness (QED) is 0.667. The molecule has 0 bridgehead atoms. The highest BCUT2D eigenvalue weighted by Gasteiger charge is 2.42. The van der Waals surface area contributed by atoms with E-state index in [1.54, 1.807) is 13.8 Å². The third-order valence-corrected chi connectivity index (χ3v) is 4.00. The van der Waals surface area contributed by atoms with E-state index in [9.17, 15) is 23.3 Å². The number of piperidine rings is 1. The Kier molecular flexibility index (Phi) is 4.22. The van der Waals surface area contributed by atoms with Gasteiger partial charge in [-0.05, 0) is 49.9 Å². The molecule has 0 amide bonds. The van der Waals surface area contributed by atoms with Crippen molar-refractivity contribution in [2.24, 2.45) is 5.92 Å². The van der Waals surface area contributed by atoms with Crippen LogP contribution in [0.4, 0.5) is 18.9 Å². The molecular weight excluding hydrogens is 285 g/mol. The molecule has 1 heterocycles. The Morgan fingerprint density at radius 2 is 1.86 bits per heavy atom. The van der Waals surface area contributed by atoms with E-state index < -0.39 is 23.1 Å². The molecule has 0 saturated carbocycles. The number of alkyl halides is 3. The van der Waals surface area contributed by atoms with E-state index in [1.807, 2.05) is 0 Å². The minimum atomic E-state index is -4.19. The minimum absolute atomic E-state index is 0.0248. The average molecular weight is 302 g/mol. The molecule has 21 heavy (non-hydrogen) atoms. The average Bonchev–Trinajstić information content (AvgIpc) is 2.37. The van der Waals surface area contributed by atoms with Crippen molar-refractivity contribution in [2.45, 2.75) is 38.9 Å². The second-order valence-electron chi connectivity index (χ2n) is 5.52. The summed E-state index contributed by atoms with van der Waals surface area (Å²) in [7, 11) is 0. The Morgan fingerprint density at radius 3 is 2.33 bits per heavy atom. The summed E-state index contributed by atoms with van der Waals surface area (Å²) in [4.78, 5) is 10.3. The normalized spacial score (nSPS) is 23.1. The molecule has 0 aromatic heterocycles. The Labute approximate surface area is 120 Å². The Hall–Kier alpha value is -1.63. The summed E-state index contributed by atoms with van der Waals surface area (Å²) >= 11 is 0. The fraction of sp³-hybridized carbons (Fsp3) is 0.571. The van der Waals surface area contributed by atoms with Crippen molar-refractivity contribution in [3.05, 3.63) is 38.9 Å².